The normalized spacial score (nSPS) is 13.2. The molecule has 5 nitrogen and oxygen atoms in total. The van der Waals surface area contributed by atoms with E-state index in [1.165, 1.54) is 22.7 Å². The van der Waals surface area contributed by atoms with Crippen LogP contribution >= 0.6 is 38.6 Å². The van der Waals surface area contributed by atoms with Crippen LogP contribution in [-0.2, 0) is 16.0 Å². The number of carbonyl (C=O) groups excluding carboxylic acids is 1. The second-order valence-electron chi connectivity index (χ2n) is 4.17. The zero-order valence-electron chi connectivity index (χ0n) is 11.2. The molecule has 0 fully saturated rings. The minimum Gasteiger partial charge on any atom is -0.484 e. The standard InChI is InChI=1S/C13H12BrNO4S2/c1-2-17-9(16)5-8-15-7(6-20-8)12-10-11(13(14)21-12)19-4-3-18-10/h6H,2-5H2,1H3. The monoisotopic (exact) mass is 389 g/mol. The number of nitrogens with zero attached hydrogens (tertiary/aromatic N) is 1. The fourth-order valence-electron chi connectivity index (χ4n) is 1.92. The van der Waals surface area contributed by atoms with Gasteiger partial charge in [0.1, 0.15) is 26.9 Å². The minimum absolute atomic E-state index is 0.199. The average Bonchev–Trinajstić information content (AvgIpc) is 3.05. The lowest BCUT2D eigenvalue weighted by molar-refractivity contribution is -0.142. The van der Waals surface area contributed by atoms with Gasteiger partial charge in [-0.3, -0.25) is 4.79 Å². The fraction of sp³-hybridized carbons (Fsp3) is 0.385. The summed E-state index contributed by atoms with van der Waals surface area (Å²) in [7, 11) is 0. The summed E-state index contributed by atoms with van der Waals surface area (Å²) in [5.41, 5.74) is 0.803. The third kappa shape index (κ3) is 3.07. The number of fused-ring (bicyclic) bond motifs is 1. The molecule has 3 rings (SSSR count). The molecule has 0 amide bonds. The van der Waals surface area contributed by atoms with Gasteiger partial charge in [-0.1, -0.05) is 0 Å². The van der Waals surface area contributed by atoms with Crippen molar-refractivity contribution >= 4 is 44.6 Å². The molecule has 0 atom stereocenters. The molecule has 1 aliphatic rings. The molecule has 3 heterocycles. The van der Waals surface area contributed by atoms with Crippen molar-refractivity contribution in [3.63, 3.8) is 0 Å². The van der Waals surface area contributed by atoms with Crippen LogP contribution in [0.3, 0.4) is 0 Å². The van der Waals surface area contributed by atoms with Crippen LogP contribution in [0.4, 0.5) is 0 Å². The number of hydrogen-bond donors (Lipinski definition) is 0. The van der Waals surface area contributed by atoms with E-state index in [2.05, 4.69) is 20.9 Å². The third-order valence-corrected chi connectivity index (χ3v) is 5.40. The van der Waals surface area contributed by atoms with Crippen LogP contribution in [0.1, 0.15) is 11.9 Å². The van der Waals surface area contributed by atoms with Crippen molar-refractivity contribution in [1.82, 2.24) is 4.98 Å². The Morgan fingerprint density at radius 3 is 2.95 bits per heavy atom. The van der Waals surface area contributed by atoms with Crippen molar-refractivity contribution in [2.24, 2.45) is 0 Å². The van der Waals surface area contributed by atoms with Crippen molar-refractivity contribution in [2.75, 3.05) is 19.8 Å². The summed E-state index contributed by atoms with van der Waals surface area (Å²) in [6.45, 7) is 3.25. The van der Waals surface area contributed by atoms with Crippen molar-refractivity contribution in [2.45, 2.75) is 13.3 Å². The van der Waals surface area contributed by atoms with E-state index in [0.29, 0.717) is 19.8 Å². The van der Waals surface area contributed by atoms with Gasteiger partial charge < -0.3 is 14.2 Å². The Bertz CT molecular complexity index is 667. The smallest absolute Gasteiger partial charge is 0.312 e. The largest absolute Gasteiger partial charge is 0.484 e. The van der Waals surface area contributed by atoms with Gasteiger partial charge in [0.25, 0.3) is 0 Å². The highest BCUT2D eigenvalue weighted by atomic mass is 79.9. The zero-order chi connectivity index (χ0) is 14.8. The van der Waals surface area contributed by atoms with E-state index in [1.807, 2.05) is 5.38 Å². The summed E-state index contributed by atoms with van der Waals surface area (Å²) >= 11 is 6.44. The first-order chi connectivity index (χ1) is 10.2. The molecule has 1 aliphatic heterocycles. The quantitative estimate of drug-likeness (QED) is 0.748. The molecule has 2 aromatic rings. The molecule has 0 radical (unpaired) electrons. The number of thiazole rings is 1. The van der Waals surface area contributed by atoms with Crippen LogP contribution in [-0.4, -0.2) is 30.8 Å². The van der Waals surface area contributed by atoms with Gasteiger partial charge in [-0.25, -0.2) is 4.98 Å². The molecular formula is C13H12BrNO4S2. The second-order valence-corrected chi connectivity index (χ2v) is 7.45. The van der Waals surface area contributed by atoms with Crippen LogP contribution < -0.4 is 9.47 Å². The van der Waals surface area contributed by atoms with E-state index >= 15 is 0 Å². The Hall–Kier alpha value is -1.12. The van der Waals surface area contributed by atoms with Crippen LogP contribution in [0.15, 0.2) is 9.17 Å². The van der Waals surface area contributed by atoms with Gasteiger partial charge in [-0.05, 0) is 22.9 Å². The first kappa shape index (κ1) is 14.8. The number of carbonyl (C=O) groups is 1. The molecule has 0 unspecified atom stereocenters. The topological polar surface area (TPSA) is 57.7 Å². The van der Waals surface area contributed by atoms with Gasteiger partial charge in [0.2, 0.25) is 0 Å². The molecule has 0 saturated carbocycles. The Morgan fingerprint density at radius 2 is 2.19 bits per heavy atom. The highest BCUT2D eigenvalue weighted by Gasteiger charge is 2.25. The average molecular weight is 390 g/mol. The van der Waals surface area contributed by atoms with Crippen LogP contribution in [0.25, 0.3) is 10.6 Å². The summed E-state index contributed by atoms with van der Waals surface area (Å²) < 4.78 is 17.1. The van der Waals surface area contributed by atoms with Crippen LogP contribution in [0.5, 0.6) is 11.5 Å². The molecular weight excluding hydrogens is 378 g/mol. The molecule has 8 heteroatoms. The summed E-state index contributed by atoms with van der Waals surface area (Å²) in [4.78, 5) is 16.9. The lowest BCUT2D eigenvalue weighted by Gasteiger charge is -2.15. The molecule has 0 aliphatic carbocycles. The zero-order valence-corrected chi connectivity index (χ0v) is 14.4. The van der Waals surface area contributed by atoms with E-state index in [0.717, 1.165) is 30.9 Å². The lowest BCUT2D eigenvalue weighted by Crippen LogP contribution is -2.14. The predicted molar refractivity (Wildman–Crippen MR) is 84.5 cm³/mol. The maximum absolute atomic E-state index is 11.5. The molecule has 0 saturated heterocycles. The number of aromatic nitrogens is 1. The van der Waals surface area contributed by atoms with Crippen LogP contribution in [0.2, 0.25) is 0 Å². The number of hydrogen-bond acceptors (Lipinski definition) is 7. The summed E-state index contributed by atoms with van der Waals surface area (Å²) in [6.07, 6.45) is 0.199. The number of ether oxygens (including phenoxy) is 3. The van der Waals surface area contributed by atoms with E-state index in [9.17, 15) is 4.79 Å². The van der Waals surface area contributed by atoms with Gasteiger partial charge in [0.05, 0.1) is 18.7 Å². The minimum atomic E-state index is -0.257. The van der Waals surface area contributed by atoms with Gasteiger partial charge in [0, 0.05) is 5.38 Å². The molecule has 0 aromatic carbocycles. The Morgan fingerprint density at radius 1 is 1.43 bits per heavy atom. The molecule has 112 valence electrons. The predicted octanol–water partition coefficient (Wildman–Crippen LogP) is 3.51. The van der Waals surface area contributed by atoms with Gasteiger partial charge >= 0.3 is 5.97 Å². The van der Waals surface area contributed by atoms with Crippen molar-refractivity contribution in [3.8, 4) is 22.1 Å². The van der Waals surface area contributed by atoms with E-state index in [4.69, 9.17) is 14.2 Å². The van der Waals surface area contributed by atoms with Gasteiger partial charge in [0.15, 0.2) is 11.5 Å². The highest BCUT2D eigenvalue weighted by Crippen LogP contribution is 2.51. The van der Waals surface area contributed by atoms with E-state index in [1.54, 1.807) is 6.92 Å². The van der Waals surface area contributed by atoms with E-state index in [-0.39, 0.29) is 12.4 Å². The SMILES string of the molecule is CCOC(=O)Cc1nc(-c2sc(Br)c3c2OCCO3)cs1. The number of rotatable bonds is 4. The van der Waals surface area contributed by atoms with Gasteiger partial charge in [-0.2, -0.15) is 0 Å². The first-order valence-electron chi connectivity index (χ1n) is 6.37. The third-order valence-electron chi connectivity index (χ3n) is 2.74. The Labute approximate surface area is 138 Å². The number of thiophene rings is 1. The summed E-state index contributed by atoms with van der Waals surface area (Å²) in [5, 5.41) is 2.66. The van der Waals surface area contributed by atoms with Crippen LogP contribution in [0, 0.1) is 0 Å². The molecule has 2 aromatic heterocycles. The van der Waals surface area contributed by atoms with Crippen molar-refractivity contribution < 1.29 is 19.0 Å². The highest BCUT2D eigenvalue weighted by molar-refractivity contribution is 9.11. The molecule has 0 bridgehead atoms. The maximum Gasteiger partial charge on any atom is 0.312 e. The van der Waals surface area contributed by atoms with Crippen molar-refractivity contribution in [1.29, 1.82) is 0 Å². The van der Waals surface area contributed by atoms with Crippen molar-refractivity contribution in [3.05, 3.63) is 14.2 Å². The summed E-state index contributed by atoms with van der Waals surface area (Å²) in [6, 6.07) is 0. The van der Waals surface area contributed by atoms with Gasteiger partial charge in [-0.15, -0.1) is 22.7 Å². The molecule has 0 spiro atoms. The maximum atomic E-state index is 11.5. The Kier molecular flexibility index (Phi) is 4.46. The fourth-order valence-corrected chi connectivity index (χ4v) is 4.42. The molecule has 21 heavy (non-hydrogen) atoms. The number of halogens is 1. The summed E-state index contributed by atoms with van der Waals surface area (Å²) in [5.74, 6) is 1.21. The Balaban J connectivity index is 1.85. The first-order valence-corrected chi connectivity index (χ1v) is 8.86. The molecule has 0 N–H and O–H groups in total. The van der Waals surface area contributed by atoms with E-state index < -0.39 is 0 Å². The number of esters is 1. The second kappa shape index (κ2) is 6.33. The lowest BCUT2D eigenvalue weighted by atomic mass is 10.3.